The Hall–Kier alpha value is -0.860. The van der Waals surface area contributed by atoms with Crippen LogP contribution in [0.3, 0.4) is 0 Å². The van der Waals surface area contributed by atoms with Crippen LogP contribution < -0.4 is 0 Å². The van der Waals surface area contributed by atoms with Gasteiger partial charge in [-0.3, -0.25) is 0 Å². The smallest absolute Gasteiger partial charge is 0.0898 e. The van der Waals surface area contributed by atoms with Gasteiger partial charge >= 0.3 is 0 Å². The lowest BCUT2D eigenvalue weighted by Gasteiger charge is -2.35. The van der Waals surface area contributed by atoms with Gasteiger partial charge in [0.15, 0.2) is 0 Å². The minimum Gasteiger partial charge on any atom is -0.326 e. The Balaban J connectivity index is 2.68. The first-order chi connectivity index (χ1) is 10.1. The number of nitrogens with zero attached hydrogens (tertiary/aromatic N) is 2. The number of hydrogen-bond donors (Lipinski definition) is 0. The average molecular weight is 307 g/mol. The van der Waals surface area contributed by atoms with E-state index in [9.17, 15) is 0 Å². The Morgan fingerprint density at radius 1 is 0.682 bits per heavy atom. The van der Waals surface area contributed by atoms with E-state index in [2.05, 4.69) is 80.2 Å². The first kappa shape index (κ1) is 19.2. The summed E-state index contributed by atoms with van der Waals surface area (Å²) < 4.78 is 2.17. The highest BCUT2D eigenvalue weighted by Crippen LogP contribution is 2.16. The van der Waals surface area contributed by atoms with Gasteiger partial charge in [-0.1, -0.05) is 24.3 Å². The van der Waals surface area contributed by atoms with Crippen molar-refractivity contribution in [2.45, 2.75) is 52.6 Å². The van der Waals surface area contributed by atoms with E-state index in [1.54, 1.807) is 0 Å². The molecule has 2 nitrogen and oxygen atoms in total. The first-order valence-electron chi connectivity index (χ1n) is 8.85. The van der Waals surface area contributed by atoms with Crippen molar-refractivity contribution in [3.63, 3.8) is 0 Å². The van der Waals surface area contributed by atoms with Crippen molar-refractivity contribution in [2.24, 2.45) is 0 Å². The maximum atomic E-state index is 2.36. The normalized spacial score (nSPS) is 15.6. The lowest BCUT2D eigenvalue weighted by molar-refractivity contribution is -0.911. The van der Waals surface area contributed by atoms with Gasteiger partial charge in [-0.05, 0) is 38.8 Å². The lowest BCUT2D eigenvalue weighted by Crippen LogP contribution is -2.48. The molecule has 0 saturated heterocycles. The molecular formula is C20H38N2+2. The molecule has 0 radical (unpaired) electrons. The van der Waals surface area contributed by atoms with E-state index in [4.69, 9.17) is 0 Å². The molecule has 126 valence electrons. The van der Waals surface area contributed by atoms with Crippen LogP contribution in [0, 0.1) is 0 Å². The molecule has 0 heterocycles. The second kappa shape index (κ2) is 7.61. The van der Waals surface area contributed by atoms with Gasteiger partial charge in [0.1, 0.15) is 0 Å². The van der Waals surface area contributed by atoms with Crippen LogP contribution in [0.5, 0.6) is 0 Å². The Morgan fingerprint density at radius 2 is 0.955 bits per heavy atom. The fourth-order valence-electron chi connectivity index (χ4n) is 2.61. The topological polar surface area (TPSA) is 0 Å². The maximum Gasteiger partial charge on any atom is 0.0898 e. The second-order valence-corrected chi connectivity index (χ2v) is 8.11. The summed E-state index contributed by atoms with van der Waals surface area (Å²) in [6.07, 6.45) is 2.32. The summed E-state index contributed by atoms with van der Waals surface area (Å²) in [4.78, 5) is 0. The molecule has 0 N–H and O–H groups in total. The number of quaternary nitrogens is 2. The maximum absolute atomic E-state index is 2.36. The molecule has 0 aromatic heterocycles. The van der Waals surface area contributed by atoms with Crippen molar-refractivity contribution in [3.8, 4) is 0 Å². The molecule has 1 rings (SSSR count). The van der Waals surface area contributed by atoms with Crippen LogP contribution in [0.25, 0.3) is 0 Å². The first-order valence-corrected chi connectivity index (χ1v) is 8.85. The number of rotatable bonds is 8. The Labute approximate surface area is 138 Å². The van der Waals surface area contributed by atoms with Crippen molar-refractivity contribution in [3.05, 3.63) is 35.4 Å². The second-order valence-electron chi connectivity index (χ2n) is 8.11. The third-order valence-electron chi connectivity index (χ3n) is 6.10. The van der Waals surface area contributed by atoms with Crippen LogP contribution >= 0.6 is 0 Å². The number of benzene rings is 1. The van der Waals surface area contributed by atoms with Crippen LogP contribution in [0.15, 0.2) is 24.3 Å². The fraction of sp³-hybridized carbons (Fsp3) is 0.700. The van der Waals surface area contributed by atoms with Crippen LogP contribution in [-0.2, 0) is 12.8 Å². The molecule has 22 heavy (non-hydrogen) atoms. The molecule has 0 bridgehead atoms. The molecule has 1 aromatic rings. The minimum atomic E-state index is 0.658. The molecule has 2 heteroatoms. The number of hydrogen-bond acceptors (Lipinski definition) is 0. The Bertz CT molecular complexity index is 402. The van der Waals surface area contributed by atoms with Crippen molar-refractivity contribution < 1.29 is 8.97 Å². The van der Waals surface area contributed by atoms with Crippen molar-refractivity contribution >= 4 is 0 Å². The highest BCUT2D eigenvalue weighted by Gasteiger charge is 2.23. The third-order valence-corrected chi connectivity index (χ3v) is 6.10. The van der Waals surface area contributed by atoms with Gasteiger partial charge in [0.25, 0.3) is 0 Å². The zero-order valence-electron chi connectivity index (χ0n) is 16.2. The van der Waals surface area contributed by atoms with Gasteiger partial charge in [0.05, 0.1) is 53.4 Å². The molecule has 0 fully saturated rings. The van der Waals surface area contributed by atoms with E-state index in [0.29, 0.717) is 12.1 Å². The summed E-state index contributed by atoms with van der Waals surface area (Å²) in [7, 11) is 9.30. The molecule has 0 saturated carbocycles. The summed E-state index contributed by atoms with van der Waals surface area (Å²) in [5.74, 6) is 0. The van der Waals surface area contributed by atoms with E-state index in [1.165, 1.54) is 24.2 Å². The summed E-state index contributed by atoms with van der Waals surface area (Å²) in [5.41, 5.74) is 2.93. The SMILES string of the molecule is CC[N+](C)(C)C(C)Cc1ccc(CC(C)[N+](C)(C)CC)cc1. The fourth-order valence-corrected chi connectivity index (χ4v) is 2.61. The average Bonchev–Trinajstić information content (AvgIpc) is 2.48. The monoisotopic (exact) mass is 306 g/mol. The van der Waals surface area contributed by atoms with Crippen LogP contribution in [0.2, 0.25) is 0 Å². The number of likely N-dealkylation sites (N-methyl/N-ethyl adjacent to an activating group) is 2. The summed E-state index contributed by atoms with van der Waals surface area (Å²) in [5, 5.41) is 0. The molecule has 2 unspecified atom stereocenters. The summed E-state index contributed by atoms with van der Waals surface area (Å²) in [6, 6.07) is 10.6. The van der Waals surface area contributed by atoms with E-state index < -0.39 is 0 Å². The molecular weight excluding hydrogens is 268 g/mol. The van der Waals surface area contributed by atoms with Crippen molar-refractivity contribution in [1.29, 1.82) is 0 Å². The van der Waals surface area contributed by atoms with Gasteiger partial charge in [-0.25, -0.2) is 0 Å². The van der Waals surface area contributed by atoms with Gasteiger partial charge in [-0.2, -0.15) is 0 Å². The molecule has 0 amide bonds. The zero-order chi connectivity index (χ0) is 17.0. The molecule has 0 aliphatic rings. The predicted octanol–water partition coefficient (Wildman–Crippen LogP) is 3.74. The summed E-state index contributed by atoms with van der Waals surface area (Å²) in [6.45, 7) is 11.6. The molecule has 0 aliphatic heterocycles. The molecule has 0 aliphatic carbocycles. The van der Waals surface area contributed by atoms with E-state index in [0.717, 1.165) is 21.8 Å². The highest BCUT2D eigenvalue weighted by atomic mass is 15.3. The van der Waals surface area contributed by atoms with Gasteiger partial charge in [0.2, 0.25) is 0 Å². The molecule has 1 aromatic carbocycles. The Kier molecular flexibility index (Phi) is 6.64. The zero-order valence-corrected chi connectivity index (χ0v) is 16.2. The van der Waals surface area contributed by atoms with Crippen molar-refractivity contribution in [1.82, 2.24) is 0 Å². The van der Waals surface area contributed by atoms with Gasteiger partial charge in [0, 0.05) is 12.8 Å². The van der Waals surface area contributed by atoms with Crippen LogP contribution in [0.1, 0.15) is 38.8 Å². The largest absolute Gasteiger partial charge is 0.326 e. The Morgan fingerprint density at radius 3 is 1.18 bits per heavy atom. The van der Waals surface area contributed by atoms with E-state index >= 15 is 0 Å². The third kappa shape index (κ3) is 5.10. The van der Waals surface area contributed by atoms with Crippen LogP contribution in [-0.4, -0.2) is 62.3 Å². The highest BCUT2D eigenvalue weighted by molar-refractivity contribution is 5.23. The van der Waals surface area contributed by atoms with Gasteiger partial charge < -0.3 is 8.97 Å². The predicted molar refractivity (Wildman–Crippen MR) is 98.1 cm³/mol. The molecule has 2 atom stereocenters. The van der Waals surface area contributed by atoms with E-state index in [-0.39, 0.29) is 0 Å². The van der Waals surface area contributed by atoms with Crippen molar-refractivity contribution in [2.75, 3.05) is 41.3 Å². The molecule has 0 spiro atoms. The summed E-state index contributed by atoms with van der Waals surface area (Å²) >= 11 is 0. The van der Waals surface area contributed by atoms with Gasteiger partial charge in [-0.15, -0.1) is 0 Å². The van der Waals surface area contributed by atoms with E-state index in [1.807, 2.05) is 0 Å². The quantitative estimate of drug-likeness (QED) is 0.642. The van der Waals surface area contributed by atoms with Crippen LogP contribution in [0.4, 0.5) is 0 Å². The standard InChI is InChI=1S/C20H38N2/c1-9-21(5,6)17(3)15-19-11-13-20(14-12-19)16-18(4)22(7,8)10-2/h11-14,17-18H,9-10,15-16H2,1-8H3/q+2. The lowest BCUT2D eigenvalue weighted by atomic mass is 10.00. The minimum absolute atomic E-state index is 0.658.